The molecule has 104 valence electrons. The zero-order valence-electron chi connectivity index (χ0n) is 12.2. The van der Waals surface area contributed by atoms with Crippen molar-refractivity contribution in [3.63, 3.8) is 0 Å². The van der Waals surface area contributed by atoms with Gasteiger partial charge in [0.15, 0.2) is 0 Å². The van der Waals surface area contributed by atoms with Crippen LogP contribution in [-0.2, 0) is 11.4 Å². The second kappa shape index (κ2) is 5.26. The Kier molecular flexibility index (Phi) is 3.61. The van der Waals surface area contributed by atoms with Crippen molar-refractivity contribution in [3.8, 4) is 10.4 Å². The van der Waals surface area contributed by atoms with Gasteiger partial charge in [-0.2, -0.15) is 8.73 Å². The van der Waals surface area contributed by atoms with Gasteiger partial charge < -0.3 is 0 Å². The Balaban J connectivity index is 2.07. The summed E-state index contributed by atoms with van der Waals surface area (Å²) in [6.07, 6.45) is 0. The van der Waals surface area contributed by atoms with Crippen molar-refractivity contribution < 1.29 is 0 Å². The molecule has 0 bridgehead atoms. The van der Waals surface area contributed by atoms with E-state index in [9.17, 15) is 0 Å². The second-order valence-electron chi connectivity index (χ2n) is 5.69. The van der Waals surface area contributed by atoms with Crippen LogP contribution in [0.3, 0.4) is 0 Å². The van der Waals surface area contributed by atoms with E-state index in [0.717, 1.165) is 11.4 Å². The van der Waals surface area contributed by atoms with Crippen molar-refractivity contribution in [1.82, 2.24) is 0 Å². The average Bonchev–Trinajstić information content (AvgIpc) is 2.99. The molecule has 3 rings (SSSR count). The number of benzene rings is 1. The van der Waals surface area contributed by atoms with Gasteiger partial charge >= 0.3 is 0 Å². The normalized spacial score (nSPS) is 13.1. The van der Waals surface area contributed by atoms with Gasteiger partial charge in [0.1, 0.15) is 11.4 Å². The fourth-order valence-electron chi connectivity index (χ4n) is 2.31. The van der Waals surface area contributed by atoms with Crippen LogP contribution in [0.1, 0.15) is 50.0 Å². The Morgan fingerprint density at radius 2 is 1.50 bits per heavy atom. The van der Waals surface area contributed by atoms with Crippen LogP contribution in [0.2, 0.25) is 0 Å². The van der Waals surface area contributed by atoms with Crippen LogP contribution < -0.4 is 0 Å². The molecule has 0 radical (unpaired) electrons. The monoisotopic (exact) mass is 302 g/mol. The molecule has 0 fully saturated rings. The molecule has 0 amide bonds. The van der Waals surface area contributed by atoms with Crippen molar-refractivity contribution >= 4 is 34.1 Å². The lowest BCUT2D eigenvalue weighted by molar-refractivity contribution is 0.867. The number of hydrogen-bond donors (Lipinski definition) is 0. The Bertz CT molecular complexity index is 703. The first-order valence-corrected chi connectivity index (χ1v) is 8.48. The van der Waals surface area contributed by atoms with Gasteiger partial charge in [0, 0.05) is 4.88 Å². The molecule has 1 aliphatic heterocycles. The molecule has 0 saturated heterocycles. The summed E-state index contributed by atoms with van der Waals surface area (Å²) in [5.74, 6) is 1.06. The number of fused-ring (bicyclic) bond motifs is 1. The minimum atomic E-state index is 0.495. The quantitative estimate of drug-likeness (QED) is 0.535. The van der Waals surface area contributed by atoms with E-state index in [1.54, 1.807) is 0 Å². The molecule has 4 heteroatoms. The molecule has 0 atom stereocenters. The minimum Gasteiger partial charge on any atom is -0.172 e. The first-order chi connectivity index (χ1) is 9.58. The molecule has 0 saturated carbocycles. The fourth-order valence-corrected chi connectivity index (χ4v) is 4.18. The number of hydrogen-bond acceptors (Lipinski definition) is 3. The molecule has 2 aromatic rings. The highest BCUT2D eigenvalue weighted by Gasteiger charge is 2.22. The Labute approximate surface area is 127 Å². The first-order valence-electron chi connectivity index (χ1n) is 6.93. The third-order valence-electron chi connectivity index (χ3n) is 3.51. The summed E-state index contributed by atoms with van der Waals surface area (Å²) < 4.78 is 8.97. The minimum absolute atomic E-state index is 0.495. The maximum absolute atomic E-state index is 4.50. The second-order valence-corrected chi connectivity index (χ2v) is 7.27. The molecule has 1 aromatic heterocycles. The topological polar surface area (TPSA) is 24.7 Å². The van der Waals surface area contributed by atoms with E-state index in [2.05, 4.69) is 60.7 Å². The molecule has 0 aliphatic carbocycles. The Hall–Kier alpha value is -1.26. The lowest BCUT2D eigenvalue weighted by Gasteiger charge is -2.06. The maximum atomic E-state index is 4.50. The van der Waals surface area contributed by atoms with Gasteiger partial charge in [-0.25, -0.2) is 0 Å². The van der Waals surface area contributed by atoms with E-state index >= 15 is 0 Å². The Morgan fingerprint density at radius 3 is 2.10 bits per heavy atom. The first kappa shape index (κ1) is 13.7. The molecule has 0 unspecified atom stereocenters. The van der Waals surface area contributed by atoms with Crippen LogP contribution in [-0.4, -0.2) is 0 Å². The highest BCUT2D eigenvalue weighted by Crippen LogP contribution is 2.52. The van der Waals surface area contributed by atoms with Crippen molar-refractivity contribution in [2.75, 3.05) is 0 Å². The van der Waals surface area contributed by atoms with Gasteiger partial charge in [-0.15, -0.1) is 11.3 Å². The Morgan fingerprint density at radius 1 is 0.850 bits per heavy atom. The van der Waals surface area contributed by atoms with Gasteiger partial charge in [0.2, 0.25) is 0 Å². The summed E-state index contributed by atoms with van der Waals surface area (Å²) in [5, 5.41) is 0. The molecule has 20 heavy (non-hydrogen) atoms. The van der Waals surface area contributed by atoms with Crippen molar-refractivity contribution in [2.24, 2.45) is 8.73 Å². The molecule has 2 nitrogen and oxygen atoms in total. The van der Waals surface area contributed by atoms with Crippen LogP contribution in [0.15, 0.2) is 33.0 Å². The highest BCUT2D eigenvalue weighted by atomic mass is 32.1. The van der Waals surface area contributed by atoms with Crippen molar-refractivity contribution in [3.05, 3.63) is 34.7 Å². The zero-order valence-corrected chi connectivity index (χ0v) is 13.8. The van der Waals surface area contributed by atoms with Crippen molar-refractivity contribution in [1.29, 1.82) is 0 Å². The van der Waals surface area contributed by atoms with Crippen LogP contribution in [0.5, 0.6) is 0 Å². The van der Waals surface area contributed by atoms with Crippen LogP contribution >= 0.6 is 11.3 Å². The summed E-state index contributed by atoms with van der Waals surface area (Å²) in [7, 11) is 0. The smallest absolute Gasteiger partial charge is 0.123 e. The molecule has 1 aromatic carbocycles. The summed E-state index contributed by atoms with van der Waals surface area (Å²) >= 11 is 3.15. The van der Waals surface area contributed by atoms with Gasteiger partial charge in [-0.3, -0.25) is 0 Å². The molecule has 2 heterocycles. The summed E-state index contributed by atoms with van der Waals surface area (Å²) in [4.78, 5) is 2.60. The average molecular weight is 302 g/mol. The summed E-state index contributed by atoms with van der Waals surface area (Å²) in [6.45, 7) is 8.88. The maximum Gasteiger partial charge on any atom is 0.123 e. The lowest BCUT2D eigenvalue weighted by atomic mass is 10.0. The summed E-state index contributed by atoms with van der Waals surface area (Å²) in [6, 6.07) is 8.87. The van der Waals surface area contributed by atoms with Crippen LogP contribution in [0, 0.1) is 0 Å². The van der Waals surface area contributed by atoms with Gasteiger partial charge in [-0.1, -0.05) is 52.0 Å². The zero-order chi connectivity index (χ0) is 14.3. The molecular weight excluding hydrogens is 284 g/mol. The van der Waals surface area contributed by atoms with Crippen LogP contribution in [0.4, 0.5) is 11.4 Å². The largest absolute Gasteiger partial charge is 0.172 e. The predicted octanol–water partition coefficient (Wildman–Crippen LogP) is 6.39. The van der Waals surface area contributed by atoms with E-state index in [4.69, 9.17) is 0 Å². The third kappa shape index (κ3) is 2.27. The third-order valence-corrected chi connectivity index (χ3v) is 5.56. The van der Waals surface area contributed by atoms with E-state index in [-0.39, 0.29) is 0 Å². The molecule has 0 spiro atoms. The SMILES string of the molecule is CC(C)c1ccc(-c2sc(C(C)C)c3c2N=S=N3)cc1. The van der Waals surface area contributed by atoms with Crippen LogP contribution in [0.25, 0.3) is 10.4 Å². The lowest BCUT2D eigenvalue weighted by Crippen LogP contribution is -1.85. The number of rotatable bonds is 3. The number of thiophene rings is 1. The van der Waals surface area contributed by atoms with E-state index in [0.29, 0.717) is 11.8 Å². The van der Waals surface area contributed by atoms with Gasteiger partial charge in [0.05, 0.1) is 16.2 Å². The van der Waals surface area contributed by atoms with Gasteiger partial charge in [0.25, 0.3) is 0 Å². The highest BCUT2D eigenvalue weighted by molar-refractivity contribution is 7.58. The molecule has 0 N–H and O–H groups in total. The van der Waals surface area contributed by atoms with Gasteiger partial charge in [-0.05, 0) is 23.0 Å². The molecular formula is C16H18N2S2. The van der Waals surface area contributed by atoms with E-state index < -0.39 is 0 Å². The fraction of sp³-hybridized carbons (Fsp3) is 0.375. The predicted molar refractivity (Wildman–Crippen MR) is 89.5 cm³/mol. The number of nitrogens with zero attached hydrogens (tertiary/aromatic N) is 2. The van der Waals surface area contributed by atoms with E-state index in [1.165, 1.54) is 32.2 Å². The van der Waals surface area contributed by atoms with E-state index in [1.807, 2.05) is 11.3 Å². The molecule has 1 aliphatic rings. The standard InChI is InChI=1S/C16H18N2S2/c1-9(2)11-5-7-12(8-6-11)16-14-13(17-20-18-14)15(19-16)10(3)4/h5-10H,1-4H3. The van der Waals surface area contributed by atoms with Crippen molar-refractivity contribution in [2.45, 2.75) is 39.5 Å². The summed E-state index contributed by atoms with van der Waals surface area (Å²) in [5.41, 5.74) is 4.80.